The van der Waals surface area contributed by atoms with E-state index in [1.54, 1.807) is 0 Å². The van der Waals surface area contributed by atoms with E-state index in [1.807, 2.05) is 0 Å². The molecule has 0 fully saturated rings. The van der Waals surface area contributed by atoms with Crippen LogP contribution in [-0.4, -0.2) is 28.8 Å². The molecule has 0 aromatic carbocycles. The molecule has 4 heteroatoms. The lowest BCUT2D eigenvalue weighted by Gasteiger charge is -2.24. The van der Waals surface area contributed by atoms with Crippen molar-refractivity contribution in [3.63, 3.8) is 0 Å². The van der Waals surface area contributed by atoms with Gasteiger partial charge in [0.05, 0.1) is 5.69 Å². The lowest BCUT2D eigenvalue weighted by atomic mass is 10.1. The predicted octanol–water partition coefficient (Wildman–Crippen LogP) is 2.85. The van der Waals surface area contributed by atoms with E-state index in [0.717, 1.165) is 31.1 Å². The van der Waals surface area contributed by atoms with Crippen LogP contribution in [0.15, 0.2) is 12.1 Å². The number of aromatic nitrogens is 2. The second kappa shape index (κ2) is 6.85. The van der Waals surface area contributed by atoms with Crippen LogP contribution in [0.4, 0.5) is 5.82 Å². The van der Waals surface area contributed by atoms with Crippen molar-refractivity contribution in [3.05, 3.63) is 17.8 Å². The number of hydrogen-bond donors (Lipinski definition) is 1. The van der Waals surface area contributed by atoms with Crippen molar-refractivity contribution in [3.8, 4) is 0 Å². The molecule has 0 atom stereocenters. The van der Waals surface area contributed by atoms with Gasteiger partial charge in [0.15, 0.2) is 5.82 Å². The molecule has 108 valence electrons. The highest BCUT2D eigenvalue weighted by Crippen LogP contribution is 2.12. The third-order valence-corrected chi connectivity index (χ3v) is 2.80. The molecular weight excluding hydrogens is 236 g/mol. The van der Waals surface area contributed by atoms with Gasteiger partial charge in [0.25, 0.3) is 0 Å². The molecule has 0 bridgehead atoms. The highest BCUT2D eigenvalue weighted by molar-refractivity contribution is 5.37. The van der Waals surface area contributed by atoms with Crippen molar-refractivity contribution in [2.75, 3.05) is 18.0 Å². The summed E-state index contributed by atoms with van der Waals surface area (Å²) in [5.41, 5.74) is 1.09. The summed E-state index contributed by atoms with van der Waals surface area (Å²) in [6.45, 7) is 15.8. The number of nitrogens with zero attached hydrogens (tertiary/aromatic N) is 3. The average Bonchev–Trinajstić information content (AvgIpc) is 2.33. The molecule has 1 aromatic heterocycles. The summed E-state index contributed by atoms with van der Waals surface area (Å²) in [7, 11) is 0. The first kappa shape index (κ1) is 15.9. The van der Waals surface area contributed by atoms with Gasteiger partial charge in [0.1, 0.15) is 0 Å². The van der Waals surface area contributed by atoms with Crippen LogP contribution < -0.4 is 10.2 Å². The van der Waals surface area contributed by atoms with Crippen LogP contribution in [-0.2, 0) is 6.54 Å². The molecule has 0 spiro atoms. The summed E-state index contributed by atoms with van der Waals surface area (Å²) < 4.78 is 0. The van der Waals surface area contributed by atoms with Crippen molar-refractivity contribution in [1.29, 1.82) is 0 Å². The van der Waals surface area contributed by atoms with Gasteiger partial charge >= 0.3 is 0 Å². The van der Waals surface area contributed by atoms with Gasteiger partial charge in [-0.15, -0.1) is 5.10 Å². The molecule has 0 saturated heterocycles. The first-order valence-corrected chi connectivity index (χ1v) is 7.14. The average molecular weight is 264 g/mol. The Balaban J connectivity index is 2.64. The minimum Gasteiger partial charge on any atom is -0.355 e. The molecule has 0 saturated carbocycles. The van der Waals surface area contributed by atoms with Gasteiger partial charge in [-0.1, -0.05) is 13.8 Å². The molecule has 0 radical (unpaired) electrons. The van der Waals surface area contributed by atoms with Crippen molar-refractivity contribution in [1.82, 2.24) is 15.5 Å². The van der Waals surface area contributed by atoms with Crippen LogP contribution in [0.25, 0.3) is 0 Å². The summed E-state index contributed by atoms with van der Waals surface area (Å²) in [5.74, 6) is 1.60. The standard InChI is InChI=1S/C15H28N4/c1-7-19(11-12(2)3)14-9-8-13(17-18-14)10-16-15(4,5)6/h8-9,12,16H,7,10-11H2,1-6H3. The third kappa shape index (κ3) is 6.01. The zero-order valence-corrected chi connectivity index (χ0v) is 13.2. The fourth-order valence-corrected chi connectivity index (χ4v) is 1.80. The van der Waals surface area contributed by atoms with Gasteiger partial charge in [-0.2, -0.15) is 5.10 Å². The Bertz CT molecular complexity index is 365. The normalized spacial score (nSPS) is 11.9. The highest BCUT2D eigenvalue weighted by atomic mass is 15.3. The largest absolute Gasteiger partial charge is 0.355 e. The fraction of sp³-hybridized carbons (Fsp3) is 0.733. The Morgan fingerprint density at radius 3 is 2.32 bits per heavy atom. The first-order valence-electron chi connectivity index (χ1n) is 7.14. The molecule has 1 N–H and O–H groups in total. The van der Waals surface area contributed by atoms with Gasteiger partial charge in [0.2, 0.25) is 0 Å². The van der Waals surface area contributed by atoms with Crippen LogP contribution in [0, 0.1) is 5.92 Å². The van der Waals surface area contributed by atoms with E-state index < -0.39 is 0 Å². The number of anilines is 1. The number of nitrogens with one attached hydrogen (secondary N) is 1. The molecular formula is C15H28N4. The molecule has 0 unspecified atom stereocenters. The second-order valence-corrected chi connectivity index (χ2v) is 6.42. The molecule has 19 heavy (non-hydrogen) atoms. The Morgan fingerprint density at radius 1 is 1.21 bits per heavy atom. The second-order valence-electron chi connectivity index (χ2n) is 6.42. The zero-order valence-electron chi connectivity index (χ0n) is 13.2. The Morgan fingerprint density at radius 2 is 1.89 bits per heavy atom. The zero-order chi connectivity index (χ0) is 14.5. The summed E-state index contributed by atoms with van der Waals surface area (Å²) in [4.78, 5) is 2.26. The highest BCUT2D eigenvalue weighted by Gasteiger charge is 2.11. The van der Waals surface area contributed by atoms with E-state index in [1.165, 1.54) is 0 Å². The van der Waals surface area contributed by atoms with E-state index in [9.17, 15) is 0 Å². The quantitative estimate of drug-likeness (QED) is 0.858. The van der Waals surface area contributed by atoms with Crippen molar-refractivity contribution >= 4 is 5.82 Å². The minimum atomic E-state index is 0.105. The van der Waals surface area contributed by atoms with Crippen LogP contribution in [0.5, 0.6) is 0 Å². The van der Waals surface area contributed by atoms with E-state index in [-0.39, 0.29) is 5.54 Å². The first-order chi connectivity index (χ1) is 8.81. The lowest BCUT2D eigenvalue weighted by molar-refractivity contribution is 0.420. The van der Waals surface area contributed by atoms with Gasteiger partial charge < -0.3 is 10.2 Å². The topological polar surface area (TPSA) is 41.0 Å². The maximum absolute atomic E-state index is 4.34. The SMILES string of the molecule is CCN(CC(C)C)c1ccc(CNC(C)(C)C)nn1. The molecule has 0 aliphatic carbocycles. The van der Waals surface area contributed by atoms with Crippen molar-refractivity contribution in [2.24, 2.45) is 5.92 Å². The molecule has 0 aliphatic rings. The Hall–Kier alpha value is -1.16. The summed E-state index contributed by atoms with van der Waals surface area (Å²) in [5, 5.41) is 12.1. The minimum absolute atomic E-state index is 0.105. The number of hydrogen-bond acceptors (Lipinski definition) is 4. The fourth-order valence-electron chi connectivity index (χ4n) is 1.80. The van der Waals surface area contributed by atoms with Crippen LogP contribution in [0.2, 0.25) is 0 Å². The molecule has 0 aliphatic heterocycles. The van der Waals surface area contributed by atoms with E-state index in [4.69, 9.17) is 0 Å². The van der Waals surface area contributed by atoms with Gasteiger partial charge in [0, 0.05) is 25.2 Å². The third-order valence-electron chi connectivity index (χ3n) is 2.80. The Labute approximate surface area is 117 Å². The molecule has 0 amide bonds. The van der Waals surface area contributed by atoms with Crippen molar-refractivity contribution in [2.45, 2.75) is 53.6 Å². The van der Waals surface area contributed by atoms with Crippen LogP contribution in [0.3, 0.4) is 0 Å². The van der Waals surface area contributed by atoms with Gasteiger partial charge in [-0.25, -0.2) is 0 Å². The maximum Gasteiger partial charge on any atom is 0.151 e. The number of rotatable bonds is 6. The lowest BCUT2D eigenvalue weighted by Crippen LogP contribution is -2.35. The summed E-state index contributed by atoms with van der Waals surface area (Å²) in [6, 6.07) is 4.13. The molecule has 1 heterocycles. The smallest absolute Gasteiger partial charge is 0.151 e. The molecule has 4 nitrogen and oxygen atoms in total. The van der Waals surface area contributed by atoms with Crippen LogP contribution in [0.1, 0.15) is 47.2 Å². The maximum atomic E-state index is 4.34. The van der Waals surface area contributed by atoms with Crippen molar-refractivity contribution < 1.29 is 0 Å². The molecule has 1 rings (SSSR count). The summed E-state index contributed by atoms with van der Waals surface area (Å²) in [6.07, 6.45) is 0. The van der Waals surface area contributed by atoms with Gasteiger partial charge in [-0.3, -0.25) is 0 Å². The van der Waals surface area contributed by atoms with E-state index in [2.05, 4.69) is 74.1 Å². The Kier molecular flexibility index (Phi) is 5.73. The van der Waals surface area contributed by atoms with Gasteiger partial charge in [-0.05, 0) is 45.7 Å². The van der Waals surface area contributed by atoms with E-state index in [0.29, 0.717) is 5.92 Å². The van der Waals surface area contributed by atoms with Crippen LogP contribution >= 0.6 is 0 Å². The summed E-state index contributed by atoms with van der Waals surface area (Å²) >= 11 is 0. The monoisotopic (exact) mass is 264 g/mol. The predicted molar refractivity (Wildman–Crippen MR) is 81.3 cm³/mol. The molecule has 1 aromatic rings. The van der Waals surface area contributed by atoms with E-state index >= 15 is 0 Å².